The van der Waals surface area contributed by atoms with Crippen molar-refractivity contribution in [2.45, 2.75) is 32.7 Å². The zero-order chi connectivity index (χ0) is 17.6. The molecule has 0 saturated heterocycles. The van der Waals surface area contributed by atoms with Gasteiger partial charge < -0.3 is 9.88 Å². The SMILES string of the molecule is C.FC1(F)C[C@@H]1CCn1ccc2c(Nc3c(Cl)cccc3Cl)nccc21. The summed E-state index contributed by atoms with van der Waals surface area (Å²) in [6.07, 6.45) is 4.05. The van der Waals surface area contributed by atoms with Gasteiger partial charge in [0.2, 0.25) is 0 Å². The molecule has 1 N–H and O–H groups in total. The van der Waals surface area contributed by atoms with Gasteiger partial charge in [-0.05, 0) is 30.7 Å². The van der Waals surface area contributed by atoms with Gasteiger partial charge in [0.1, 0.15) is 5.82 Å². The summed E-state index contributed by atoms with van der Waals surface area (Å²) in [5.74, 6) is -2.34. The van der Waals surface area contributed by atoms with E-state index in [1.165, 1.54) is 0 Å². The lowest BCUT2D eigenvalue weighted by Crippen LogP contribution is -2.01. The summed E-state index contributed by atoms with van der Waals surface area (Å²) in [4.78, 5) is 4.37. The van der Waals surface area contributed by atoms with E-state index in [0.717, 1.165) is 10.9 Å². The van der Waals surface area contributed by atoms with Gasteiger partial charge in [0.05, 0.1) is 21.2 Å². The van der Waals surface area contributed by atoms with Crippen LogP contribution in [-0.2, 0) is 6.54 Å². The molecule has 2 aromatic heterocycles. The largest absolute Gasteiger partial charge is 0.347 e. The number of hydrogen-bond donors (Lipinski definition) is 1. The van der Waals surface area contributed by atoms with Gasteiger partial charge in [-0.15, -0.1) is 0 Å². The van der Waals surface area contributed by atoms with Gasteiger partial charge in [-0.2, -0.15) is 0 Å². The molecule has 1 aliphatic rings. The van der Waals surface area contributed by atoms with Crippen LogP contribution in [0.3, 0.4) is 0 Å². The number of benzene rings is 1. The number of halogens is 4. The molecule has 2 heterocycles. The van der Waals surface area contributed by atoms with Gasteiger partial charge in [-0.3, -0.25) is 0 Å². The van der Waals surface area contributed by atoms with Crippen molar-refractivity contribution in [3.63, 3.8) is 0 Å². The monoisotopic (exact) mass is 397 g/mol. The molecule has 1 atom stereocenters. The van der Waals surface area contributed by atoms with Crippen LogP contribution in [0.4, 0.5) is 20.3 Å². The first-order valence-corrected chi connectivity index (χ1v) is 8.74. The van der Waals surface area contributed by atoms with E-state index in [1.54, 1.807) is 24.4 Å². The van der Waals surface area contributed by atoms with E-state index in [9.17, 15) is 8.78 Å². The first-order valence-electron chi connectivity index (χ1n) is 7.98. The fourth-order valence-corrected chi connectivity index (χ4v) is 3.52. The lowest BCUT2D eigenvalue weighted by Gasteiger charge is -2.11. The van der Waals surface area contributed by atoms with E-state index in [4.69, 9.17) is 23.2 Å². The number of para-hydroxylation sites is 1. The molecule has 26 heavy (non-hydrogen) atoms. The van der Waals surface area contributed by atoms with Gasteiger partial charge in [-0.1, -0.05) is 36.7 Å². The van der Waals surface area contributed by atoms with Crippen molar-refractivity contribution in [1.82, 2.24) is 9.55 Å². The number of aromatic nitrogens is 2. The van der Waals surface area contributed by atoms with Gasteiger partial charge in [0.15, 0.2) is 0 Å². The van der Waals surface area contributed by atoms with Crippen LogP contribution < -0.4 is 5.32 Å². The molecule has 0 amide bonds. The highest BCUT2D eigenvalue weighted by atomic mass is 35.5. The number of aryl methyl sites for hydroxylation is 1. The number of fused-ring (bicyclic) bond motifs is 1. The number of alkyl halides is 2. The summed E-state index contributed by atoms with van der Waals surface area (Å²) < 4.78 is 28.1. The van der Waals surface area contributed by atoms with Crippen molar-refractivity contribution in [2.24, 2.45) is 5.92 Å². The number of hydrogen-bond acceptors (Lipinski definition) is 2. The number of pyridine rings is 1. The zero-order valence-electron chi connectivity index (χ0n) is 13.1. The van der Waals surface area contributed by atoms with Crippen LogP contribution in [0.2, 0.25) is 10.0 Å². The minimum Gasteiger partial charge on any atom is -0.347 e. The third kappa shape index (κ3) is 3.51. The van der Waals surface area contributed by atoms with Crippen LogP contribution in [0, 0.1) is 5.92 Å². The van der Waals surface area contributed by atoms with Crippen LogP contribution in [0.1, 0.15) is 20.3 Å². The quantitative estimate of drug-likeness (QED) is 0.514. The minimum atomic E-state index is -2.47. The minimum absolute atomic E-state index is 0. The molecule has 0 spiro atoms. The van der Waals surface area contributed by atoms with E-state index in [2.05, 4.69) is 10.3 Å². The summed E-state index contributed by atoms with van der Waals surface area (Å²) in [5, 5.41) is 5.07. The summed E-state index contributed by atoms with van der Waals surface area (Å²) in [7, 11) is 0. The average molecular weight is 398 g/mol. The number of anilines is 2. The fraction of sp³-hybridized carbons (Fsp3) is 0.316. The maximum absolute atomic E-state index is 13.1. The van der Waals surface area contributed by atoms with Gasteiger partial charge in [0, 0.05) is 36.7 Å². The standard InChI is InChI=1S/C18H15Cl2F2N3.CH4/c19-13-2-1-3-14(20)16(13)24-17-12-6-9-25(15(12)4-7-23-17)8-5-11-10-18(11,21)22;/h1-4,6-7,9,11H,5,8,10H2,(H,23,24);1H4/t11-;/m0./s1. The highest BCUT2D eigenvalue weighted by Crippen LogP contribution is 2.50. The molecule has 0 radical (unpaired) electrons. The number of nitrogens with one attached hydrogen (secondary N) is 1. The van der Waals surface area contributed by atoms with Crippen molar-refractivity contribution >= 4 is 45.6 Å². The van der Waals surface area contributed by atoms with Crippen LogP contribution in [-0.4, -0.2) is 15.5 Å². The molecule has 0 bridgehead atoms. The zero-order valence-corrected chi connectivity index (χ0v) is 14.7. The van der Waals surface area contributed by atoms with Crippen molar-refractivity contribution in [3.05, 3.63) is 52.8 Å². The predicted molar refractivity (Wildman–Crippen MR) is 104 cm³/mol. The molecular formula is C19H19Cl2F2N3. The molecule has 1 fully saturated rings. The Morgan fingerprint density at radius 2 is 1.88 bits per heavy atom. The molecule has 3 aromatic rings. The van der Waals surface area contributed by atoms with Crippen molar-refractivity contribution in [1.29, 1.82) is 0 Å². The number of nitrogens with zero attached hydrogens (tertiary/aromatic N) is 2. The highest BCUT2D eigenvalue weighted by Gasteiger charge is 2.55. The first-order chi connectivity index (χ1) is 12.0. The molecule has 1 aromatic carbocycles. The lowest BCUT2D eigenvalue weighted by molar-refractivity contribution is 0.0961. The molecular weight excluding hydrogens is 379 g/mol. The van der Waals surface area contributed by atoms with E-state index >= 15 is 0 Å². The number of rotatable bonds is 5. The Balaban J connectivity index is 0.00000196. The Kier molecular flexibility index (Phi) is 5.13. The molecule has 1 saturated carbocycles. The topological polar surface area (TPSA) is 29.9 Å². The Morgan fingerprint density at radius 3 is 2.54 bits per heavy atom. The smallest absolute Gasteiger partial charge is 0.251 e. The molecule has 0 unspecified atom stereocenters. The van der Waals surface area contributed by atoms with Crippen molar-refractivity contribution < 1.29 is 8.78 Å². The van der Waals surface area contributed by atoms with E-state index in [0.29, 0.717) is 34.5 Å². The second-order valence-electron chi connectivity index (χ2n) is 6.27. The normalized spacial score (nSPS) is 17.8. The maximum atomic E-state index is 13.1. The lowest BCUT2D eigenvalue weighted by atomic mass is 10.2. The summed E-state index contributed by atoms with van der Waals surface area (Å²) in [5.41, 5.74) is 1.53. The van der Waals surface area contributed by atoms with Gasteiger partial charge >= 0.3 is 0 Å². The van der Waals surface area contributed by atoms with Crippen molar-refractivity contribution in [2.75, 3.05) is 5.32 Å². The van der Waals surface area contributed by atoms with Crippen LogP contribution in [0.5, 0.6) is 0 Å². The first kappa shape index (κ1) is 18.9. The fourth-order valence-electron chi connectivity index (χ4n) is 3.03. The molecule has 138 valence electrons. The summed E-state index contributed by atoms with van der Waals surface area (Å²) in [6, 6.07) is 9.06. The van der Waals surface area contributed by atoms with E-state index < -0.39 is 11.8 Å². The summed E-state index contributed by atoms with van der Waals surface area (Å²) >= 11 is 12.4. The third-order valence-corrected chi connectivity index (χ3v) is 5.21. The van der Waals surface area contributed by atoms with E-state index in [-0.39, 0.29) is 13.8 Å². The van der Waals surface area contributed by atoms with Gasteiger partial charge in [0.25, 0.3) is 5.92 Å². The molecule has 7 heteroatoms. The maximum Gasteiger partial charge on any atom is 0.251 e. The molecule has 3 nitrogen and oxygen atoms in total. The Morgan fingerprint density at radius 1 is 1.19 bits per heavy atom. The third-order valence-electron chi connectivity index (χ3n) is 4.58. The highest BCUT2D eigenvalue weighted by molar-refractivity contribution is 6.39. The van der Waals surface area contributed by atoms with E-state index in [1.807, 2.05) is 22.9 Å². The molecule has 1 aliphatic carbocycles. The Hall–Kier alpha value is -1.85. The Bertz CT molecular complexity index is 919. The second-order valence-corrected chi connectivity index (χ2v) is 7.09. The van der Waals surface area contributed by atoms with Crippen LogP contribution >= 0.6 is 23.2 Å². The average Bonchev–Trinajstić information content (AvgIpc) is 2.99. The van der Waals surface area contributed by atoms with Crippen LogP contribution in [0.25, 0.3) is 10.9 Å². The molecule has 0 aliphatic heterocycles. The molecule has 4 rings (SSSR count). The second kappa shape index (κ2) is 7.05. The predicted octanol–water partition coefficient (Wildman–Crippen LogP) is 6.77. The van der Waals surface area contributed by atoms with Crippen LogP contribution in [0.15, 0.2) is 42.7 Å². The summed E-state index contributed by atoms with van der Waals surface area (Å²) in [6.45, 7) is 0.556. The van der Waals surface area contributed by atoms with Crippen molar-refractivity contribution in [3.8, 4) is 0 Å². The Labute approximate surface area is 160 Å². The van der Waals surface area contributed by atoms with Gasteiger partial charge in [-0.25, -0.2) is 13.8 Å².